The van der Waals surface area contributed by atoms with Crippen LogP contribution in [-0.2, 0) is 6.42 Å². The second-order valence-corrected chi connectivity index (χ2v) is 7.57. The zero-order valence-corrected chi connectivity index (χ0v) is 16.4. The summed E-state index contributed by atoms with van der Waals surface area (Å²) in [7, 11) is 0. The number of anilines is 1. The number of rotatable bonds is 2. The first kappa shape index (κ1) is 18.1. The third-order valence-corrected chi connectivity index (χ3v) is 5.73. The number of nitrogens with zero attached hydrogens (tertiary/aromatic N) is 3. The number of hydrogen-bond acceptors (Lipinski definition) is 4. The van der Waals surface area contributed by atoms with Gasteiger partial charge in [-0.05, 0) is 42.5 Å². The minimum atomic E-state index is 0.264. The minimum Gasteiger partial charge on any atom is -0.398 e. The Morgan fingerprint density at radius 2 is 1.63 bits per heavy atom. The van der Waals surface area contributed by atoms with Gasteiger partial charge in [0.15, 0.2) is 0 Å². The van der Waals surface area contributed by atoms with E-state index in [1.807, 2.05) is 48.5 Å². The van der Waals surface area contributed by atoms with Crippen molar-refractivity contribution in [2.45, 2.75) is 18.8 Å². The standard InChI is InChI=1S/C26H20N4/c27-16-18-10-4-6-12-21(18)29-23-14-19(17-8-2-1-3-9-17)15-24-25(23)26(28)20-11-5-7-13-22(20)30-24/h1-13,19H,14-15H2,(H2,28,30). The molecule has 4 nitrogen and oxygen atoms in total. The highest BCUT2D eigenvalue weighted by molar-refractivity contribution is 6.13. The van der Waals surface area contributed by atoms with E-state index >= 15 is 0 Å². The summed E-state index contributed by atoms with van der Waals surface area (Å²) < 4.78 is 0. The smallest absolute Gasteiger partial charge is 0.101 e. The van der Waals surface area contributed by atoms with Gasteiger partial charge in [-0.25, -0.2) is 0 Å². The van der Waals surface area contributed by atoms with E-state index in [2.05, 4.69) is 30.3 Å². The van der Waals surface area contributed by atoms with Gasteiger partial charge in [-0.3, -0.25) is 9.98 Å². The van der Waals surface area contributed by atoms with Crippen molar-refractivity contribution in [3.8, 4) is 6.07 Å². The maximum atomic E-state index is 9.51. The van der Waals surface area contributed by atoms with E-state index in [1.54, 1.807) is 6.07 Å². The van der Waals surface area contributed by atoms with Crippen molar-refractivity contribution in [1.82, 2.24) is 4.98 Å². The summed E-state index contributed by atoms with van der Waals surface area (Å²) in [4.78, 5) is 9.91. The Labute approximate surface area is 175 Å². The van der Waals surface area contributed by atoms with Crippen LogP contribution in [-0.4, -0.2) is 10.7 Å². The van der Waals surface area contributed by atoms with E-state index in [0.717, 1.165) is 46.4 Å². The summed E-state index contributed by atoms with van der Waals surface area (Å²) in [5.74, 6) is 0.264. The Hall–Kier alpha value is -3.97. The topological polar surface area (TPSA) is 75.1 Å². The number of para-hydroxylation sites is 2. The molecule has 0 fully saturated rings. The summed E-state index contributed by atoms with van der Waals surface area (Å²) in [6.07, 6.45) is 1.56. The molecule has 5 rings (SSSR count). The Balaban J connectivity index is 1.74. The van der Waals surface area contributed by atoms with E-state index < -0.39 is 0 Å². The molecule has 1 aliphatic carbocycles. The molecule has 4 aromatic rings. The fourth-order valence-electron chi connectivity index (χ4n) is 4.27. The lowest BCUT2D eigenvalue weighted by molar-refractivity contribution is 0.683. The van der Waals surface area contributed by atoms with Crippen molar-refractivity contribution in [2.75, 3.05) is 5.73 Å². The Morgan fingerprint density at radius 1 is 0.900 bits per heavy atom. The average molecular weight is 388 g/mol. The largest absolute Gasteiger partial charge is 0.398 e. The summed E-state index contributed by atoms with van der Waals surface area (Å²) in [6, 6.07) is 28.1. The highest BCUT2D eigenvalue weighted by Gasteiger charge is 2.29. The molecular formula is C26H20N4. The van der Waals surface area contributed by atoms with Gasteiger partial charge in [0.1, 0.15) is 6.07 Å². The molecule has 0 spiro atoms. The maximum Gasteiger partial charge on any atom is 0.101 e. The molecule has 1 heterocycles. The maximum absolute atomic E-state index is 9.51. The summed E-state index contributed by atoms with van der Waals surface area (Å²) >= 11 is 0. The number of fused-ring (bicyclic) bond motifs is 2. The molecule has 1 aromatic heterocycles. The molecule has 0 amide bonds. The third-order valence-electron chi connectivity index (χ3n) is 5.73. The number of aromatic nitrogens is 1. The van der Waals surface area contributed by atoms with Crippen molar-refractivity contribution in [3.05, 3.63) is 101 Å². The van der Waals surface area contributed by atoms with Crippen molar-refractivity contribution in [2.24, 2.45) is 4.99 Å². The average Bonchev–Trinajstić information content (AvgIpc) is 2.80. The van der Waals surface area contributed by atoms with E-state index in [9.17, 15) is 5.26 Å². The van der Waals surface area contributed by atoms with Crippen molar-refractivity contribution < 1.29 is 0 Å². The molecule has 4 heteroatoms. The fourth-order valence-corrected chi connectivity index (χ4v) is 4.27. The van der Waals surface area contributed by atoms with Crippen LogP contribution >= 0.6 is 0 Å². The van der Waals surface area contributed by atoms with Crippen LogP contribution in [0.3, 0.4) is 0 Å². The second kappa shape index (κ2) is 7.46. The van der Waals surface area contributed by atoms with E-state index in [4.69, 9.17) is 15.7 Å². The monoisotopic (exact) mass is 388 g/mol. The van der Waals surface area contributed by atoms with Crippen LogP contribution in [0, 0.1) is 11.3 Å². The summed E-state index contributed by atoms with van der Waals surface area (Å²) in [5.41, 5.74) is 13.5. The highest BCUT2D eigenvalue weighted by atomic mass is 14.8. The normalized spacial score (nSPS) is 16.9. The summed E-state index contributed by atoms with van der Waals surface area (Å²) in [5, 5.41) is 10.5. The number of pyridine rings is 1. The molecule has 0 aliphatic heterocycles. The predicted molar refractivity (Wildman–Crippen MR) is 121 cm³/mol. The van der Waals surface area contributed by atoms with Gasteiger partial charge in [0, 0.05) is 10.9 Å². The Kier molecular flexibility index (Phi) is 4.49. The van der Waals surface area contributed by atoms with Crippen molar-refractivity contribution >= 4 is 28.0 Å². The van der Waals surface area contributed by atoms with E-state index in [-0.39, 0.29) is 5.92 Å². The minimum absolute atomic E-state index is 0.264. The van der Waals surface area contributed by atoms with Gasteiger partial charge in [0.05, 0.1) is 33.9 Å². The quantitative estimate of drug-likeness (QED) is 0.490. The molecular weight excluding hydrogens is 368 g/mol. The van der Waals surface area contributed by atoms with Crippen LogP contribution < -0.4 is 5.73 Å². The fraction of sp³-hybridized carbons (Fsp3) is 0.115. The second-order valence-electron chi connectivity index (χ2n) is 7.57. The third kappa shape index (κ3) is 3.11. The molecule has 0 radical (unpaired) electrons. The molecule has 30 heavy (non-hydrogen) atoms. The summed E-state index contributed by atoms with van der Waals surface area (Å²) in [6.45, 7) is 0. The molecule has 0 saturated heterocycles. The SMILES string of the molecule is N#Cc1ccccc1N=C1CC(c2ccccc2)Cc2nc3ccccc3c(N)c21. The first-order chi connectivity index (χ1) is 14.7. The number of aliphatic imine (C=N–C) groups is 1. The lowest BCUT2D eigenvalue weighted by atomic mass is 9.80. The Bertz CT molecular complexity index is 1320. The van der Waals surface area contributed by atoms with Crippen LogP contribution in [0.25, 0.3) is 10.9 Å². The van der Waals surface area contributed by atoms with E-state index in [1.165, 1.54) is 5.56 Å². The lowest BCUT2D eigenvalue weighted by Crippen LogP contribution is -2.22. The van der Waals surface area contributed by atoms with Crippen LogP contribution in [0.4, 0.5) is 11.4 Å². The van der Waals surface area contributed by atoms with E-state index in [0.29, 0.717) is 11.3 Å². The van der Waals surface area contributed by atoms with Crippen molar-refractivity contribution in [3.63, 3.8) is 0 Å². The molecule has 0 bridgehead atoms. The number of hydrogen-bond donors (Lipinski definition) is 1. The molecule has 3 aromatic carbocycles. The van der Waals surface area contributed by atoms with Gasteiger partial charge in [0.2, 0.25) is 0 Å². The van der Waals surface area contributed by atoms with Gasteiger partial charge < -0.3 is 5.73 Å². The predicted octanol–water partition coefficient (Wildman–Crippen LogP) is 5.54. The van der Waals surface area contributed by atoms with Gasteiger partial charge >= 0.3 is 0 Å². The number of nitrogen functional groups attached to an aromatic ring is 1. The molecule has 0 saturated carbocycles. The molecule has 1 aliphatic rings. The van der Waals surface area contributed by atoms with Crippen molar-refractivity contribution in [1.29, 1.82) is 5.26 Å². The number of nitriles is 1. The zero-order chi connectivity index (χ0) is 20.5. The van der Waals surface area contributed by atoms with Gasteiger partial charge in [-0.2, -0.15) is 5.26 Å². The Morgan fingerprint density at radius 3 is 2.47 bits per heavy atom. The van der Waals surface area contributed by atoms with Crippen LogP contribution in [0.15, 0.2) is 83.9 Å². The molecule has 2 N–H and O–H groups in total. The lowest BCUT2D eigenvalue weighted by Gasteiger charge is -2.27. The van der Waals surface area contributed by atoms with Crippen LogP contribution in [0.1, 0.15) is 34.7 Å². The van der Waals surface area contributed by atoms with Gasteiger partial charge in [0.25, 0.3) is 0 Å². The van der Waals surface area contributed by atoms with Gasteiger partial charge in [-0.1, -0.05) is 60.7 Å². The molecule has 144 valence electrons. The molecule has 1 unspecified atom stereocenters. The number of nitrogens with two attached hydrogens (primary N) is 1. The highest BCUT2D eigenvalue weighted by Crippen LogP contribution is 2.38. The van der Waals surface area contributed by atoms with Crippen LogP contribution in [0.5, 0.6) is 0 Å². The number of benzene rings is 3. The zero-order valence-electron chi connectivity index (χ0n) is 16.4. The van der Waals surface area contributed by atoms with Gasteiger partial charge in [-0.15, -0.1) is 0 Å². The van der Waals surface area contributed by atoms with Crippen LogP contribution in [0.2, 0.25) is 0 Å². The molecule has 1 atom stereocenters. The first-order valence-corrected chi connectivity index (χ1v) is 10.0. The first-order valence-electron chi connectivity index (χ1n) is 10.0.